The van der Waals surface area contributed by atoms with Gasteiger partial charge in [0.1, 0.15) is 10.7 Å². The molecule has 3 aromatic rings. The zero-order valence-corrected chi connectivity index (χ0v) is 17.2. The van der Waals surface area contributed by atoms with Crippen molar-refractivity contribution in [1.29, 1.82) is 0 Å². The number of rotatable bonds is 3. The highest BCUT2D eigenvalue weighted by Gasteiger charge is 2.34. The average Bonchev–Trinajstić information content (AvgIpc) is 3.27. The van der Waals surface area contributed by atoms with Crippen LogP contribution in [0, 0.1) is 27.7 Å². The predicted molar refractivity (Wildman–Crippen MR) is 104 cm³/mol. The number of aromatic nitrogens is 5. The number of likely N-dealkylation sites (tertiary alicyclic amines) is 1. The molecule has 28 heavy (non-hydrogen) atoms. The summed E-state index contributed by atoms with van der Waals surface area (Å²) < 4.78 is 9.51. The number of hydrogen-bond donors (Lipinski definition) is 0. The van der Waals surface area contributed by atoms with E-state index < -0.39 is 0 Å². The first kappa shape index (κ1) is 18.7. The maximum Gasteiger partial charge on any atom is 0.268 e. The van der Waals surface area contributed by atoms with Crippen LogP contribution in [0.1, 0.15) is 63.4 Å². The standard InChI is InChI=1S/C19H22N6O2S/c1-10-11(2)23-27-17(10)14-9-20-13(4)21-16(14)15-7-5-6-8-25(15)19(26)18-12(3)22-24-28-18/h9,15H,5-8H2,1-4H3/t15-/m0/s1. The molecular weight excluding hydrogens is 376 g/mol. The molecule has 0 bridgehead atoms. The normalized spacial score (nSPS) is 17.1. The Balaban J connectivity index is 1.80. The fourth-order valence-corrected chi connectivity index (χ4v) is 4.21. The number of aryl methyl sites for hydroxylation is 3. The monoisotopic (exact) mass is 398 g/mol. The second-order valence-corrected chi connectivity index (χ2v) is 7.89. The summed E-state index contributed by atoms with van der Waals surface area (Å²) in [6.07, 6.45) is 4.62. The van der Waals surface area contributed by atoms with Gasteiger partial charge in [0, 0.05) is 18.3 Å². The molecule has 4 heterocycles. The van der Waals surface area contributed by atoms with Crippen LogP contribution in [-0.4, -0.2) is 42.1 Å². The van der Waals surface area contributed by atoms with Crippen molar-refractivity contribution >= 4 is 17.4 Å². The van der Waals surface area contributed by atoms with Crippen LogP contribution < -0.4 is 0 Å². The molecular formula is C19H22N6O2S. The summed E-state index contributed by atoms with van der Waals surface area (Å²) in [5.74, 6) is 1.30. The summed E-state index contributed by atoms with van der Waals surface area (Å²) in [6.45, 7) is 8.24. The second-order valence-electron chi connectivity index (χ2n) is 7.14. The third kappa shape index (κ3) is 3.19. The molecule has 9 heteroatoms. The highest BCUT2D eigenvalue weighted by Crippen LogP contribution is 2.38. The zero-order chi connectivity index (χ0) is 19.8. The van der Waals surface area contributed by atoms with E-state index >= 15 is 0 Å². The number of carbonyl (C=O) groups excluding carboxylic acids is 1. The van der Waals surface area contributed by atoms with Crippen molar-refractivity contribution in [2.45, 2.75) is 53.0 Å². The van der Waals surface area contributed by atoms with E-state index in [0.717, 1.165) is 53.3 Å². The van der Waals surface area contributed by atoms with Gasteiger partial charge >= 0.3 is 0 Å². The fraction of sp³-hybridized carbons (Fsp3) is 0.474. The average molecular weight is 398 g/mol. The summed E-state index contributed by atoms with van der Waals surface area (Å²) in [6, 6.07) is -0.149. The molecule has 1 aliphatic rings. The van der Waals surface area contributed by atoms with E-state index in [0.29, 0.717) is 28.7 Å². The van der Waals surface area contributed by atoms with E-state index in [1.165, 1.54) is 0 Å². The maximum atomic E-state index is 13.2. The highest BCUT2D eigenvalue weighted by atomic mass is 32.1. The van der Waals surface area contributed by atoms with Gasteiger partial charge in [-0.15, -0.1) is 5.10 Å². The minimum Gasteiger partial charge on any atom is -0.356 e. The quantitative estimate of drug-likeness (QED) is 0.665. The van der Waals surface area contributed by atoms with Gasteiger partial charge in [0.05, 0.1) is 28.7 Å². The minimum atomic E-state index is -0.149. The molecule has 8 nitrogen and oxygen atoms in total. The Bertz CT molecular complexity index is 1030. The van der Waals surface area contributed by atoms with Gasteiger partial charge in [0.2, 0.25) is 0 Å². The molecule has 1 atom stereocenters. The number of hydrogen-bond acceptors (Lipinski definition) is 8. The van der Waals surface area contributed by atoms with Crippen molar-refractivity contribution in [3.8, 4) is 11.3 Å². The van der Waals surface area contributed by atoms with Gasteiger partial charge in [-0.25, -0.2) is 9.97 Å². The van der Waals surface area contributed by atoms with Crippen LogP contribution in [0.3, 0.4) is 0 Å². The number of nitrogens with zero attached hydrogens (tertiary/aromatic N) is 6. The topological polar surface area (TPSA) is 97.9 Å². The van der Waals surface area contributed by atoms with Crippen molar-refractivity contribution < 1.29 is 9.32 Å². The third-order valence-electron chi connectivity index (χ3n) is 5.27. The molecule has 0 N–H and O–H groups in total. The molecule has 0 spiro atoms. The van der Waals surface area contributed by atoms with E-state index in [1.54, 1.807) is 6.20 Å². The Hall–Kier alpha value is -2.68. The van der Waals surface area contributed by atoms with Crippen molar-refractivity contribution in [2.24, 2.45) is 0 Å². The van der Waals surface area contributed by atoms with Gasteiger partial charge in [-0.05, 0) is 58.5 Å². The van der Waals surface area contributed by atoms with Crippen LogP contribution in [-0.2, 0) is 0 Å². The molecule has 0 unspecified atom stereocenters. The molecule has 1 aliphatic heterocycles. The van der Waals surface area contributed by atoms with E-state index in [-0.39, 0.29) is 11.9 Å². The Kier molecular flexibility index (Phi) is 4.92. The second kappa shape index (κ2) is 7.38. The number of piperidine rings is 1. The lowest BCUT2D eigenvalue weighted by Crippen LogP contribution is -2.39. The summed E-state index contributed by atoms with van der Waals surface area (Å²) in [5, 5.41) is 8.08. The van der Waals surface area contributed by atoms with Crippen molar-refractivity contribution in [3.63, 3.8) is 0 Å². The van der Waals surface area contributed by atoms with Gasteiger partial charge in [-0.1, -0.05) is 9.64 Å². The first-order valence-corrected chi connectivity index (χ1v) is 10.1. The van der Waals surface area contributed by atoms with Gasteiger partial charge in [-0.3, -0.25) is 4.79 Å². The molecule has 146 valence electrons. The molecule has 0 aromatic carbocycles. The summed E-state index contributed by atoms with van der Waals surface area (Å²) in [7, 11) is 0. The smallest absolute Gasteiger partial charge is 0.268 e. The molecule has 0 saturated carbocycles. The van der Waals surface area contributed by atoms with Crippen molar-refractivity contribution in [1.82, 2.24) is 29.6 Å². The third-order valence-corrected chi connectivity index (χ3v) is 6.08. The van der Waals surface area contributed by atoms with Crippen LogP contribution in [0.5, 0.6) is 0 Å². The maximum absolute atomic E-state index is 13.2. The van der Waals surface area contributed by atoms with Crippen LogP contribution in [0.2, 0.25) is 0 Å². The first-order valence-electron chi connectivity index (χ1n) is 9.34. The van der Waals surface area contributed by atoms with Gasteiger partial charge in [0.25, 0.3) is 5.91 Å². The lowest BCUT2D eigenvalue weighted by atomic mass is 9.94. The van der Waals surface area contributed by atoms with Crippen LogP contribution in [0.15, 0.2) is 10.7 Å². The summed E-state index contributed by atoms with van der Waals surface area (Å²) >= 11 is 1.14. The Morgan fingerprint density at radius 1 is 1.21 bits per heavy atom. The zero-order valence-electron chi connectivity index (χ0n) is 16.4. The van der Waals surface area contributed by atoms with E-state index in [4.69, 9.17) is 9.51 Å². The lowest BCUT2D eigenvalue weighted by Gasteiger charge is -2.35. The molecule has 0 radical (unpaired) electrons. The Morgan fingerprint density at radius 3 is 2.71 bits per heavy atom. The molecule has 1 fully saturated rings. The van der Waals surface area contributed by atoms with Crippen LogP contribution in [0.4, 0.5) is 0 Å². The molecule has 4 rings (SSSR count). The fourth-order valence-electron chi connectivity index (χ4n) is 3.60. The largest absolute Gasteiger partial charge is 0.356 e. The highest BCUT2D eigenvalue weighted by molar-refractivity contribution is 7.07. The van der Waals surface area contributed by atoms with Gasteiger partial charge in [-0.2, -0.15) is 0 Å². The number of carbonyl (C=O) groups is 1. The molecule has 1 amide bonds. The van der Waals surface area contributed by atoms with Crippen LogP contribution in [0.25, 0.3) is 11.3 Å². The molecule has 1 saturated heterocycles. The van der Waals surface area contributed by atoms with E-state index in [9.17, 15) is 4.79 Å². The Labute approximate surface area is 167 Å². The van der Waals surface area contributed by atoms with Crippen LogP contribution >= 0.6 is 11.5 Å². The first-order chi connectivity index (χ1) is 13.5. The SMILES string of the molecule is Cc1ncc(-c2onc(C)c2C)c([C@@H]2CCCCN2C(=O)c2snnc2C)n1. The lowest BCUT2D eigenvalue weighted by molar-refractivity contribution is 0.0610. The van der Waals surface area contributed by atoms with Gasteiger partial charge in [0.15, 0.2) is 5.76 Å². The summed E-state index contributed by atoms with van der Waals surface area (Å²) in [5.41, 5.74) is 4.08. The predicted octanol–water partition coefficient (Wildman–Crippen LogP) is 3.58. The van der Waals surface area contributed by atoms with E-state index in [1.807, 2.05) is 32.6 Å². The van der Waals surface area contributed by atoms with E-state index in [2.05, 4.69) is 19.7 Å². The van der Waals surface area contributed by atoms with Crippen molar-refractivity contribution in [3.05, 3.63) is 39.5 Å². The summed E-state index contributed by atoms with van der Waals surface area (Å²) in [4.78, 5) is 24.8. The number of amides is 1. The molecule has 0 aliphatic carbocycles. The van der Waals surface area contributed by atoms with Gasteiger partial charge < -0.3 is 9.42 Å². The Morgan fingerprint density at radius 2 is 2.04 bits per heavy atom. The van der Waals surface area contributed by atoms with Crippen molar-refractivity contribution in [2.75, 3.05) is 6.54 Å². The molecule has 3 aromatic heterocycles. The minimum absolute atomic E-state index is 0.0371.